The van der Waals surface area contributed by atoms with Gasteiger partial charge >= 0.3 is 12.1 Å². The van der Waals surface area contributed by atoms with Crippen molar-refractivity contribution >= 4 is 5.97 Å². The first kappa shape index (κ1) is 24.9. The van der Waals surface area contributed by atoms with Crippen LogP contribution in [0.1, 0.15) is 57.2 Å². The lowest BCUT2D eigenvalue weighted by molar-refractivity contribution is -0.223. The standard InChI is InChI=1S/C23H21F7O3.H2/c1-2-3-12-4-6-13(7-5-12)23(29,30)33-15-10-16(24)20(17(25)11-15)22(31)32-14-8-18(26)21(28)19(27)9-14;/h8-13H,2-7H2,1H3;1H. The third-order valence-electron chi connectivity index (χ3n) is 5.66. The van der Waals surface area contributed by atoms with Crippen molar-refractivity contribution in [1.82, 2.24) is 0 Å². The molecule has 0 bridgehead atoms. The number of esters is 1. The normalized spacial score (nSPS) is 18.8. The number of benzene rings is 2. The molecular formula is C23H23F7O3. The Balaban J connectivity index is 0.00000408. The SMILES string of the molecule is CCCC1CCC(C(F)(F)Oc2cc(F)c(C(=O)Oc3cc(F)c(F)c(F)c3)c(F)c2)CC1.[HH]. The summed E-state index contributed by atoms with van der Waals surface area (Å²) in [6.07, 6.45) is -0.146. The predicted molar refractivity (Wildman–Crippen MR) is 106 cm³/mol. The summed E-state index contributed by atoms with van der Waals surface area (Å²) in [5.41, 5.74) is -1.30. The molecule has 33 heavy (non-hydrogen) atoms. The highest BCUT2D eigenvalue weighted by atomic mass is 19.3. The van der Waals surface area contributed by atoms with Crippen molar-refractivity contribution in [1.29, 1.82) is 0 Å². The minimum atomic E-state index is -3.68. The number of alkyl halides is 2. The lowest BCUT2D eigenvalue weighted by atomic mass is 9.79. The summed E-state index contributed by atoms with van der Waals surface area (Å²) in [4.78, 5) is 12.1. The number of hydrogen-bond acceptors (Lipinski definition) is 3. The molecular weight excluding hydrogens is 457 g/mol. The number of carbonyl (C=O) groups is 1. The fourth-order valence-corrected chi connectivity index (χ4v) is 3.99. The van der Waals surface area contributed by atoms with Crippen LogP contribution in [0.4, 0.5) is 30.7 Å². The molecule has 2 aromatic carbocycles. The average molecular weight is 480 g/mol. The quantitative estimate of drug-likeness (QED) is 0.179. The fourth-order valence-electron chi connectivity index (χ4n) is 3.99. The lowest BCUT2D eigenvalue weighted by Crippen LogP contribution is -2.37. The first-order chi connectivity index (χ1) is 15.5. The predicted octanol–water partition coefficient (Wildman–Crippen LogP) is 7.43. The van der Waals surface area contributed by atoms with E-state index in [0.29, 0.717) is 43.0 Å². The molecule has 182 valence electrons. The van der Waals surface area contributed by atoms with Crippen molar-refractivity contribution in [2.45, 2.75) is 51.6 Å². The zero-order valence-corrected chi connectivity index (χ0v) is 17.6. The summed E-state index contributed by atoms with van der Waals surface area (Å²) < 4.78 is 106. The maximum absolute atomic E-state index is 14.6. The van der Waals surface area contributed by atoms with Crippen LogP contribution in [-0.4, -0.2) is 12.1 Å². The van der Waals surface area contributed by atoms with E-state index in [1.807, 2.05) is 6.92 Å². The van der Waals surface area contributed by atoms with Gasteiger partial charge in [0.25, 0.3) is 0 Å². The van der Waals surface area contributed by atoms with E-state index in [0.717, 1.165) is 12.8 Å². The van der Waals surface area contributed by atoms with Crippen molar-refractivity contribution in [2.24, 2.45) is 11.8 Å². The van der Waals surface area contributed by atoms with Gasteiger partial charge < -0.3 is 9.47 Å². The van der Waals surface area contributed by atoms with Gasteiger partial charge in [-0.2, -0.15) is 8.78 Å². The Morgan fingerprint density at radius 3 is 1.94 bits per heavy atom. The van der Waals surface area contributed by atoms with Crippen LogP contribution in [0.3, 0.4) is 0 Å². The van der Waals surface area contributed by atoms with Gasteiger partial charge in [0.1, 0.15) is 28.7 Å². The van der Waals surface area contributed by atoms with E-state index in [2.05, 4.69) is 9.47 Å². The second-order valence-corrected chi connectivity index (χ2v) is 8.02. The molecule has 10 heteroatoms. The molecule has 0 atom stereocenters. The molecule has 0 radical (unpaired) electrons. The summed E-state index contributed by atoms with van der Waals surface area (Å²) in [5.74, 6) is -12.5. The molecule has 3 rings (SSSR count). The van der Waals surface area contributed by atoms with Crippen molar-refractivity contribution in [3.05, 3.63) is 58.9 Å². The number of ether oxygens (including phenoxy) is 2. The molecule has 0 saturated heterocycles. The van der Waals surface area contributed by atoms with Crippen LogP contribution in [0.2, 0.25) is 0 Å². The summed E-state index contributed by atoms with van der Waals surface area (Å²) in [5, 5.41) is 0. The van der Waals surface area contributed by atoms with E-state index in [-0.39, 0.29) is 14.3 Å². The minimum Gasteiger partial charge on any atom is -0.432 e. The van der Waals surface area contributed by atoms with Gasteiger partial charge in [-0.15, -0.1) is 0 Å². The molecule has 0 aromatic heterocycles. The molecule has 1 aliphatic rings. The molecule has 1 saturated carbocycles. The van der Waals surface area contributed by atoms with E-state index in [1.165, 1.54) is 0 Å². The maximum Gasteiger partial charge on any atom is 0.400 e. The number of carbonyl (C=O) groups excluding carboxylic acids is 1. The first-order valence-electron chi connectivity index (χ1n) is 10.4. The van der Waals surface area contributed by atoms with Crippen LogP contribution in [0.15, 0.2) is 24.3 Å². The Bertz CT molecular complexity index is 978. The Morgan fingerprint density at radius 1 is 0.909 bits per heavy atom. The van der Waals surface area contributed by atoms with Crippen molar-refractivity contribution in [2.75, 3.05) is 0 Å². The first-order valence-corrected chi connectivity index (χ1v) is 10.4. The fraction of sp³-hybridized carbons (Fsp3) is 0.435. The zero-order chi connectivity index (χ0) is 24.3. The summed E-state index contributed by atoms with van der Waals surface area (Å²) in [6, 6.07) is 1.39. The average Bonchev–Trinajstić information content (AvgIpc) is 2.71. The highest BCUT2D eigenvalue weighted by molar-refractivity contribution is 5.91. The topological polar surface area (TPSA) is 35.5 Å². The van der Waals surface area contributed by atoms with Gasteiger partial charge in [-0.25, -0.2) is 26.7 Å². The van der Waals surface area contributed by atoms with Crippen LogP contribution in [0, 0.1) is 40.9 Å². The number of hydrogen-bond donors (Lipinski definition) is 0. The summed E-state index contributed by atoms with van der Waals surface area (Å²) in [6.45, 7) is 2.02. The zero-order valence-electron chi connectivity index (χ0n) is 17.6. The van der Waals surface area contributed by atoms with Gasteiger partial charge in [-0.3, -0.25) is 0 Å². The number of rotatable bonds is 7. The van der Waals surface area contributed by atoms with Crippen molar-refractivity contribution < 1.29 is 46.4 Å². The van der Waals surface area contributed by atoms with Gasteiger partial charge in [0.05, 0.1) is 5.92 Å². The minimum absolute atomic E-state index is 0. The molecule has 0 amide bonds. The van der Waals surface area contributed by atoms with E-state index in [1.54, 1.807) is 0 Å². The van der Waals surface area contributed by atoms with Gasteiger partial charge in [-0.05, 0) is 31.6 Å². The van der Waals surface area contributed by atoms with Crippen LogP contribution >= 0.6 is 0 Å². The number of halogens is 7. The third kappa shape index (κ3) is 5.78. The van der Waals surface area contributed by atoms with Gasteiger partial charge in [-0.1, -0.05) is 19.8 Å². The summed E-state index contributed by atoms with van der Waals surface area (Å²) in [7, 11) is 0. The summed E-state index contributed by atoms with van der Waals surface area (Å²) >= 11 is 0. The molecule has 0 spiro atoms. The van der Waals surface area contributed by atoms with Crippen LogP contribution in [0.5, 0.6) is 11.5 Å². The monoisotopic (exact) mass is 480 g/mol. The largest absolute Gasteiger partial charge is 0.432 e. The van der Waals surface area contributed by atoms with Gasteiger partial charge in [0.2, 0.25) is 0 Å². The molecule has 0 aliphatic heterocycles. The van der Waals surface area contributed by atoms with Crippen molar-refractivity contribution in [3.63, 3.8) is 0 Å². The molecule has 1 aliphatic carbocycles. The van der Waals surface area contributed by atoms with Crippen LogP contribution < -0.4 is 9.47 Å². The van der Waals surface area contributed by atoms with Crippen LogP contribution in [0.25, 0.3) is 0 Å². The van der Waals surface area contributed by atoms with E-state index in [4.69, 9.17) is 0 Å². The molecule has 0 heterocycles. The lowest BCUT2D eigenvalue weighted by Gasteiger charge is -2.33. The van der Waals surface area contributed by atoms with E-state index < -0.39 is 64.1 Å². The Hall–Kier alpha value is -2.78. The van der Waals surface area contributed by atoms with E-state index in [9.17, 15) is 35.5 Å². The molecule has 0 N–H and O–H groups in total. The second-order valence-electron chi connectivity index (χ2n) is 8.02. The molecule has 3 nitrogen and oxygen atoms in total. The highest BCUT2D eigenvalue weighted by Gasteiger charge is 2.44. The second kappa shape index (κ2) is 10.0. The van der Waals surface area contributed by atoms with Crippen molar-refractivity contribution in [3.8, 4) is 11.5 Å². The van der Waals surface area contributed by atoms with Gasteiger partial charge in [0, 0.05) is 25.7 Å². The highest BCUT2D eigenvalue weighted by Crippen LogP contribution is 2.41. The molecule has 0 unspecified atom stereocenters. The Morgan fingerprint density at radius 2 is 1.42 bits per heavy atom. The molecule has 2 aromatic rings. The van der Waals surface area contributed by atoms with E-state index >= 15 is 0 Å². The van der Waals surface area contributed by atoms with Gasteiger partial charge in [0.15, 0.2) is 17.5 Å². The smallest absolute Gasteiger partial charge is 0.400 e. The Kier molecular flexibility index (Phi) is 7.54. The van der Waals surface area contributed by atoms with Crippen LogP contribution in [-0.2, 0) is 0 Å². The third-order valence-corrected chi connectivity index (χ3v) is 5.66. The maximum atomic E-state index is 14.6. The Labute approximate surface area is 187 Å². The molecule has 1 fully saturated rings.